The van der Waals surface area contributed by atoms with E-state index >= 15 is 0 Å². The largest absolute Gasteiger partial charge is 0.389 e. The zero-order valence-electron chi connectivity index (χ0n) is 21.1. The highest BCUT2D eigenvalue weighted by atomic mass is 35.5. The highest BCUT2D eigenvalue weighted by molar-refractivity contribution is 7.92. The molecular weight excluding hydrogens is 561 g/mol. The van der Waals surface area contributed by atoms with E-state index in [4.69, 9.17) is 11.6 Å². The van der Waals surface area contributed by atoms with Crippen molar-refractivity contribution in [1.29, 1.82) is 0 Å². The van der Waals surface area contributed by atoms with E-state index in [-0.39, 0.29) is 47.0 Å². The molecule has 0 radical (unpaired) electrons. The summed E-state index contributed by atoms with van der Waals surface area (Å²) >= 11 is 6.19. The second-order valence-corrected chi connectivity index (χ2v) is 13.5. The normalized spacial score (nSPS) is 24.6. The Hall–Kier alpha value is -2.67. The molecule has 3 fully saturated rings. The van der Waals surface area contributed by atoms with Gasteiger partial charge in [0, 0.05) is 29.9 Å². The highest BCUT2D eigenvalue weighted by Gasteiger charge is 2.60. The molecule has 39 heavy (non-hydrogen) atoms. The highest BCUT2D eigenvalue weighted by Crippen LogP contribution is 2.57. The number of sulfone groups is 1. The first-order valence-corrected chi connectivity index (χ1v) is 14.1. The van der Waals surface area contributed by atoms with Gasteiger partial charge in [-0.25, -0.2) is 21.6 Å². The van der Waals surface area contributed by atoms with Crippen molar-refractivity contribution in [1.82, 2.24) is 5.32 Å². The van der Waals surface area contributed by atoms with Crippen LogP contribution in [0.5, 0.6) is 0 Å². The summed E-state index contributed by atoms with van der Waals surface area (Å²) in [6.07, 6.45) is 0.498. The van der Waals surface area contributed by atoms with Gasteiger partial charge in [-0.05, 0) is 63.1 Å². The molecule has 8 nitrogen and oxygen atoms in total. The predicted octanol–water partition coefficient (Wildman–Crippen LogP) is 3.59. The molecule has 5 rings (SSSR count). The Morgan fingerprint density at radius 1 is 1.08 bits per heavy atom. The topological polar surface area (TPSA) is 133 Å². The molecule has 3 aliphatic carbocycles. The van der Waals surface area contributed by atoms with Crippen molar-refractivity contribution in [2.75, 3.05) is 11.9 Å². The lowest BCUT2D eigenvalue weighted by Gasteiger charge is -2.58. The predicted molar refractivity (Wildman–Crippen MR) is 136 cm³/mol. The van der Waals surface area contributed by atoms with Crippen molar-refractivity contribution < 1.29 is 41.4 Å². The molecule has 3 aliphatic rings. The van der Waals surface area contributed by atoms with Crippen LogP contribution in [-0.2, 0) is 14.6 Å². The quantitative estimate of drug-likeness (QED) is 0.349. The number of aliphatic hydroxyl groups is 2. The van der Waals surface area contributed by atoms with Gasteiger partial charge in [-0.1, -0.05) is 11.6 Å². The maximum atomic E-state index is 13.5. The van der Waals surface area contributed by atoms with Gasteiger partial charge in [-0.15, -0.1) is 0 Å². The van der Waals surface area contributed by atoms with Gasteiger partial charge < -0.3 is 20.8 Å². The first kappa shape index (κ1) is 29.3. The lowest BCUT2D eigenvalue weighted by atomic mass is 9.52. The molecule has 212 valence electrons. The van der Waals surface area contributed by atoms with Crippen LogP contribution in [0.2, 0.25) is 5.02 Å². The monoisotopic (exact) mass is 588 g/mol. The average molecular weight is 589 g/mol. The minimum Gasteiger partial charge on any atom is -0.389 e. The van der Waals surface area contributed by atoms with Crippen LogP contribution in [-0.4, -0.2) is 53.4 Å². The first-order valence-electron chi connectivity index (χ1n) is 12.2. The van der Waals surface area contributed by atoms with Crippen molar-refractivity contribution in [3.05, 3.63) is 58.4 Å². The number of carbonyl (C=O) groups is 2. The van der Waals surface area contributed by atoms with Crippen molar-refractivity contribution >= 4 is 38.9 Å². The summed E-state index contributed by atoms with van der Waals surface area (Å²) in [6, 6.07) is 4.67. The molecule has 2 aromatic carbocycles. The second kappa shape index (κ2) is 10.4. The lowest BCUT2D eigenvalue weighted by Crippen LogP contribution is -2.63. The maximum Gasteiger partial charge on any atom is 0.255 e. The van der Waals surface area contributed by atoms with E-state index in [2.05, 4.69) is 10.6 Å². The van der Waals surface area contributed by atoms with Crippen molar-refractivity contribution in [2.45, 2.75) is 60.9 Å². The third-order valence-electron chi connectivity index (χ3n) is 7.42. The summed E-state index contributed by atoms with van der Waals surface area (Å²) in [5.41, 5.74) is -3.01. The Morgan fingerprint density at radius 2 is 1.67 bits per heavy atom. The average Bonchev–Trinajstić information content (AvgIpc) is 2.85. The second-order valence-electron chi connectivity index (χ2n) is 10.9. The number of hydrogen-bond acceptors (Lipinski definition) is 6. The van der Waals surface area contributed by atoms with Gasteiger partial charge in [0.05, 0.1) is 32.8 Å². The van der Waals surface area contributed by atoms with Crippen LogP contribution < -0.4 is 10.6 Å². The van der Waals surface area contributed by atoms with Crippen molar-refractivity contribution in [3.63, 3.8) is 0 Å². The van der Waals surface area contributed by atoms with Crippen LogP contribution in [0.15, 0.2) is 35.2 Å². The first-order chi connectivity index (χ1) is 18.0. The Balaban J connectivity index is 1.48. The fourth-order valence-electron chi connectivity index (χ4n) is 5.31. The molecule has 0 aromatic heterocycles. The molecule has 3 saturated carbocycles. The number of carbonyl (C=O) groups excluding carboxylic acids is 2. The lowest BCUT2D eigenvalue weighted by molar-refractivity contribution is -0.184. The number of nitrogens with one attached hydrogen (secondary N) is 2. The molecule has 0 heterocycles. The summed E-state index contributed by atoms with van der Waals surface area (Å²) in [5.74, 6) is -6.94. The molecule has 2 aromatic rings. The van der Waals surface area contributed by atoms with Gasteiger partial charge in [0.2, 0.25) is 5.91 Å². The molecule has 0 aliphatic heterocycles. The molecule has 2 amide bonds. The molecule has 4 N–H and O–H groups in total. The van der Waals surface area contributed by atoms with E-state index in [1.165, 1.54) is 26.0 Å². The Kier molecular flexibility index (Phi) is 7.80. The van der Waals surface area contributed by atoms with Crippen molar-refractivity contribution in [2.24, 2.45) is 11.8 Å². The zero-order valence-corrected chi connectivity index (χ0v) is 22.7. The summed E-state index contributed by atoms with van der Waals surface area (Å²) < 4.78 is 67.3. The Labute approximate surface area is 228 Å². The number of halogens is 4. The van der Waals surface area contributed by atoms with Crippen LogP contribution in [0.1, 0.15) is 49.9 Å². The van der Waals surface area contributed by atoms with Gasteiger partial charge in [0.1, 0.15) is 0 Å². The molecule has 0 saturated heterocycles. The third kappa shape index (κ3) is 5.93. The van der Waals surface area contributed by atoms with Crippen LogP contribution in [0, 0.1) is 29.3 Å². The number of benzene rings is 2. The van der Waals surface area contributed by atoms with Crippen LogP contribution >= 0.6 is 11.6 Å². The number of rotatable bonds is 8. The van der Waals surface area contributed by atoms with Crippen molar-refractivity contribution in [3.8, 4) is 0 Å². The number of anilines is 1. The van der Waals surface area contributed by atoms with E-state index < -0.39 is 67.4 Å². The van der Waals surface area contributed by atoms with Crippen LogP contribution in [0.3, 0.4) is 0 Å². The zero-order chi connectivity index (χ0) is 28.9. The standard InChI is InChI=1S/C26H28ClF3N2O6S/c1-25(2,35)12-31-22(33)11-26(36)14-6-15(26)8-17(7-14)39(37,38)21-5-13(3-4-18(21)27)24(34)32-16-9-19(28)23(30)20(29)10-16/h3-5,9-10,14-15,17,35-36H,6-8,11-12H2,1-2H3,(H,31,33)(H,32,34). The fraction of sp³-hybridized carbons (Fsp3) is 0.462. The maximum absolute atomic E-state index is 13.5. The molecular formula is C26H28ClF3N2O6S. The van der Waals surface area contributed by atoms with E-state index in [1.807, 2.05) is 0 Å². The minimum absolute atomic E-state index is 0.00169. The Morgan fingerprint density at radius 3 is 2.23 bits per heavy atom. The van der Waals surface area contributed by atoms with Gasteiger partial charge in [0.25, 0.3) is 5.91 Å². The molecule has 2 bridgehead atoms. The van der Waals surface area contributed by atoms with Crippen LogP contribution in [0.25, 0.3) is 0 Å². The van der Waals surface area contributed by atoms with Crippen LogP contribution in [0.4, 0.5) is 18.9 Å². The van der Waals surface area contributed by atoms with E-state index in [0.717, 1.165) is 6.07 Å². The van der Waals surface area contributed by atoms with Gasteiger partial charge in [0.15, 0.2) is 27.3 Å². The SMILES string of the molecule is CC(C)(O)CNC(=O)CC1(O)C2CC1CC(S(=O)(=O)c1cc(C(=O)Nc3cc(F)c(F)c(F)c3)ccc1Cl)C2. The smallest absolute Gasteiger partial charge is 0.255 e. The van der Waals surface area contributed by atoms with Gasteiger partial charge in [-0.2, -0.15) is 0 Å². The Bertz CT molecular complexity index is 1390. The number of hydrogen-bond donors (Lipinski definition) is 4. The minimum atomic E-state index is -4.08. The summed E-state index contributed by atoms with van der Waals surface area (Å²) in [7, 11) is -4.08. The number of amides is 2. The van der Waals surface area contributed by atoms with E-state index in [1.54, 1.807) is 0 Å². The molecule has 2 unspecified atom stereocenters. The van der Waals surface area contributed by atoms with E-state index in [9.17, 15) is 41.4 Å². The third-order valence-corrected chi connectivity index (χ3v) is 10.1. The molecule has 2 atom stereocenters. The van der Waals surface area contributed by atoms with Gasteiger partial charge in [-0.3, -0.25) is 9.59 Å². The molecule has 0 spiro atoms. The summed E-state index contributed by atoms with van der Waals surface area (Å²) in [4.78, 5) is 24.7. The fourth-order valence-corrected chi connectivity index (χ4v) is 7.71. The molecule has 13 heteroatoms. The van der Waals surface area contributed by atoms with E-state index in [0.29, 0.717) is 18.6 Å². The van der Waals surface area contributed by atoms with Gasteiger partial charge >= 0.3 is 0 Å². The summed E-state index contributed by atoms with van der Waals surface area (Å²) in [6.45, 7) is 3.06. The number of fused-ring (bicyclic) bond motifs is 2. The summed E-state index contributed by atoms with van der Waals surface area (Å²) in [5, 5.41) is 24.6.